The Balaban J connectivity index is 1.51. The fraction of sp³-hybridized carbons (Fsp3) is 0.222. The SMILES string of the molecule is Cc1ccc(N2C(=O)[C@@H]3[C@H](C2=O)[C@H]2c4ccccc4C=CN2[C@@H]3C(=O)c2ccco2)cc1C. The second-order valence-electron chi connectivity index (χ2n) is 8.96. The van der Waals surface area contributed by atoms with Crippen LogP contribution in [-0.4, -0.2) is 28.5 Å². The van der Waals surface area contributed by atoms with Crippen LogP contribution in [0.1, 0.15) is 38.9 Å². The smallest absolute Gasteiger partial charge is 0.240 e. The van der Waals surface area contributed by atoms with Gasteiger partial charge in [-0.3, -0.25) is 14.4 Å². The van der Waals surface area contributed by atoms with Crippen molar-refractivity contribution in [1.82, 2.24) is 4.90 Å². The van der Waals surface area contributed by atoms with Crippen LogP contribution in [0.15, 0.2) is 71.5 Å². The van der Waals surface area contributed by atoms with Crippen molar-refractivity contribution in [2.24, 2.45) is 11.8 Å². The molecule has 1 aromatic heterocycles. The molecule has 2 aromatic carbocycles. The Kier molecular flexibility index (Phi) is 4.21. The number of carbonyl (C=O) groups excluding carboxylic acids is 3. The molecule has 4 atom stereocenters. The van der Waals surface area contributed by atoms with Gasteiger partial charge in [-0.15, -0.1) is 0 Å². The number of anilines is 1. The van der Waals surface area contributed by atoms with Crippen molar-refractivity contribution in [3.8, 4) is 0 Å². The Morgan fingerprint density at radius 1 is 0.909 bits per heavy atom. The van der Waals surface area contributed by atoms with E-state index in [1.807, 2.05) is 67.4 Å². The van der Waals surface area contributed by atoms with Gasteiger partial charge in [0.15, 0.2) is 5.76 Å². The second-order valence-corrected chi connectivity index (χ2v) is 8.96. The number of nitrogens with zero attached hydrogens (tertiary/aromatic N) is 2. The van der Waals surface area contributed by atoms with Crippen LogP contribution in [0.25, 0.3) is 6.08 Å². The van der Waals surface area contributed by atoms with E-state index in [2.05, 4.69) is 0 Å². The molecule has 33 heavy (non-hydrogen) atoms. The van der Waals surface area contributed by atoms with E-state index in [4.69, 9.17) is 4.42 Å². The number of amides is 2. The van der Waals surface area contributed by atoms with Crippen molar-refractivity contribution in [2.75, 3.05) is 4.90 Å². The summed E-state index contributed by atoms with van der Waals surface area (Å²) in [6.07, 6.45) is 5.23. The van der Waals surface area contributed by atoms with E-state index in [1.165, 1.54) is 11.2 Å². The molecule has 0 N–H and O–H groups in total. The molecule has 0 unspecified atom stereocenters. The zero-order chi connectivity index (χ0) is 22.9. The molecule has 3 aromatic rings. The number of Topliss-reactive ketones (excluding diaryl/α,β-unsaturated/α-hetero) is 1. The van der Waals surface area contributed by atoms with Crippen LogP contribution in [-0.2, 0) is 9.59 Å². The fourth-order valence-corrected chi connectivity index (χ4v) is 5.54. The summed E-state index contributed by atoms with van der Waals surface area (Å²) >= 11 is 0. The van der Waals surface area contributed by atoms with E-state index in [1.54, 1.807) is 18.2 Å². The summed E-state index contributed by atoms with van der Waals surface area (Å²) in [6, 6.07) is 15.5. The van der Waals surface area contributed by atoms with E-state index in [0.717, 1.165) is 22.3 Å². The number of carbonyl (C=O) groups is 3. The van der Waals surface area contributed by atoms with E-state index in [9.17, 15) is 14.4 Å². The highest BCUT2D eigenvalue weighted by Crippen LogP contribution is 2.53. The van der Waals surface area contributed by atoms with Crippen LogP contribution in [0, 0.1) is 25.7 Å². The highest BCUT2D eigenvalue weighted by atomic mass is 16.3. The van der Waals surface area contributed by atoms with E-state index >= 15 is 0 Å². The molecule has 0 radical (unpaired) electrons. The second kappa shape index (κ2) is 7.04. The van der Waals surface area contributed by atoms with Gasteiger partial charge in [0.1, 0.15) is 6.04 Å². The van der Waals surface area contributed by atoms with Crippen LogP contribution < -0.4 is 4.90 Å². The molecule has 0 spiro atoms. The average molecular weight is 438 g/mol. The molecular weight excluding hydrogens is 416 g/mol. The molecule has 2 saturated heterocycles. The van der Waals surface area contributed by atoms with Crippen LogP contribution in [0.2, 0.25) is 0 Å². The number of hydrogen-bond acceptors (Lipinski definition) is 5. The first kappa shape index (κ1) is 19.7. The third-order valence-electron chi connectivity index (χ3n) is 7.24. The normalized spacial score (nSPS) is 25.3. The predicted molar refractivity (Wildman–Crippen MR) is 122 cm³/mol. The van der Waals surface area contributed by atoms with Gasteiger partial charge in [-0.05, 0) is 66.4 Å². The molecule has 6 heteroatoms. The molecule has 0 bridgehead atoms. The molecule has 4 heterocycles. The first-order chi connectivity index (χ1) is 16.0. The van der Waals surface area contributed by atoms with Crippen molar-refractivity contribution in [2.45, 2.75) is 25.9 Å². The molecule has 2 amide bonds. The maximum atomic E-state index is 13.8. The lowest BCUT2D eigenvalue weighted by atomic mass is 9.84. The van der Waals surface area contributed by atoms with E-state index in [0.29, 0.717) is 5.69 Å². The topological polar surface area (TPSA) is 70.8 Å². The summed E-state index contributed by atoms with van der Waals surface area (Å²) in [4.78, 5) is 44.4. The van der Waals surface area contributed by atoms with Gasteiger partial charge in [-0.2, -0.15) is 0 Å². The number of aryl methyl sites for hydroxylation is 2. The molecule has 6 rings (SSSR count). The van der Waals surface area contributed by atoms with Crippen LogP contribution in [0.3, 0.4) is 0 Å². The number of ketones is 1. The fourth-order valence-electron chi connectivity index (χ4n) is 5.54. The lowest BCUT2D eigenvalue weighted by Gasteiger charge is -2.35. The van der Waals surface area contributed by atoms with Gasteiger partial charge in [-0.1, -0.05) is 30.3 Å². The Morgan fingerprint density at radius 2 is 1.70 bits per heavy atom. The highest BCUT2D eigenvalue weighted by molar-refractivity contribution is 6.24. The van der Waals surface area contributed by atoms with Crippen molar-refractivity contribution in [1.29, 1.82) is 0 Å². The van der Waals surface area contributed by atoms with Crippen molar-refractivity contribution in [3.63, 3.8) is 0 Å². The lowest BCUT2D eigenvalue weighted by Crippen LogP contribution is -2.44. The summed E-state index contributed by atoms with van der Waals surface area (Å²) in [5, 5.41) is 0. The predicted octanol–water partition coefficient (Wildman–Crippen LogP) is 4.29. The van der Waals surface area contributed by atoms with E-state index in [-0.39, 0.29) is 23.4 Å². The molecule has 2 fully saturated rings. The van der Waals surface area contributed by atoms with Gasteiger partial charge in [0.25, 0.3) is 0 Å². The van der Waals surface area contributed by atoms with Gasteiger partial charge in [0.05, 0.1) is 29.8 Å². The Hall–Kier alpha value is -3.93. The first-order valence-corrected chi connectivity index (χ1v) is 11.0. The standard InChI is InChI=1S/C27H22N2O4/c1-15-9-10-18(14-16(15)2)29-26(31)21-22(27(29)32)24(25(30)20-8-5-13-33-20)28-12-11-17-6-3-4-7-19(17)23(21)28/h3-14,21-24H,1-2H3/t21-,22+,23+,24-/m0/s1. The van der Waals surface area contributed by atoms with Crippen LogP contribution >= 0.6 is 0 Å². The van der Waals surface area contributed by atoms with E-state index < -0.39 is 23.9 Å². The maximum Gasteiger partial charge on any atom is 0.240 e. The average Bonchev–Trinajstić information content (AvgIpc) is 3.52. The highest BCUT2D eigenvalue weighted by Gasteiger charge is 2.64. The third-order valence-corrected chi connectivity index (χ3v) is 7.24. The van der Waals surface area contributed by atoms with Crippen molar-refractivity contribution < 1.29 is 18.8 Å². The van der Waals surface area contributed by atoms with Crippen LogP contribution in [0.5, 0.6) is 0 Å². The molecule has 3 aliphatic heterocycles. The Morgan fingerprint density at radius 3 is 2.45 bits per heavy atom. The zero-order valence-corrected chi connectivity index (χ0v) is 18.3. The van der Waals surface area contributed by atoms with Crippen molar-refractivity contribution in [3.05, 3.63) is 95.1 Å². The summed E-state index contributed by atoms with van der Waals surface area (Å²) in [5.74, 6) is -2.14. The number of benzene rings is 2. The summed E-state index contributed by atoms with van der Waals surface area (Å²) in [6.45, 7) is 3.94. The minimum Gasteiger partial charge on any atom is -0.461 e. The molecule has 164 valence electrons. The largest absolute Gasteiger partial charge is 0.461 e. The molecule has 0 saturated carbocycles. The summed E-state index contributed by atoms with van der Waals surface area (Å²) in [7, 11) is 0. The summed E-state index contributed by atoms with van der Waals surface area (Å²) < 4.78 is 5.40. The number of fused-ring (bicyclic) bond motifs is 5. The van der Waals surface area contributed by atoms with Gasteiger partial charge >= 0.3 is 0 Å². The number of hydrogen-bond donors (Lipinski definition) is 0. The Bertz CT molecular complexity index is 1340. The molecule has 3 aliphatic rings. The van der Waals surface area contributed by atoms with Gasteiger partial charge in [0.2, 0.25) is 17.6 Å². The molecule has 6 nitrogen and oxygen atoms in total. The molecular formula is C27H22N2O4. The lowest BCUT2D eigenvalue weighted by molar-refractivity contribution is -0.123. The third kappa shape index (κ3) is 2.70. The van der Waals surface area contributed by atoms with Crippen molar-refractivity contribution >= 4 is 29.4 Å². The number of furan rings is 1. The van der Waals surface area contributed by atoms with Crippen LogP contribution in [0.4, 0.5) is 5.69 Å². The Labute approximate surface area is 191 Å². The van der Waals surface area contributed by atoms with Gasteiger partial charge < -0.3 is 9.32 Å². The maximum absolute atomic E-state index is 13.8. The minimum atomic E-state index is -0.816. The molecule has 0 aliphatic carbocycles. The van der Waals surface area contributed by atoms with Gasteiger partial charge in [0, 0.05) is 6.20 Å². The van der Waals surface area contributed by atoms with Gasteiger partial charge in [-0.25, -0.2) is 4.90 Å². The summed E-state index contributed by atoms with van der Waals surface area (Å²) in [5.41, 5.74) is 4.58. The monoisotopic (exact) mass is 438 g/mol. The number of rotatable bonds is 3. The number of imide groups is 1. The zero-order valence-electron chi connectivity index (χ0n) is 18.3. The first-order valence-electron chi connectivity index (χ1n) is 11.0. The minimum absolute atomic E-state index is 0.191. The quantitative estimate of drug-likeness (QED) is 0.451.